The van der Waals surface area contributed by atoms with E-state index in [0.29, 0.717) is 0 Å². The molecule has 0 N–H and O–H groups in total. The van der Waals surface area contributed by atoms with Crippen molar-refractivity contribution >= 4 is 0 Å². The van der Waals surface area contributed by atoms with Crippen LogP contribution in [0.15, 0.2) is 24.3 Å². The van der Waals surface area contributed by atoms with E-state index in [1.54, 1.807) is 0 Å². The second kappa shape index (κ2) is 4.07. The summed E-state index contributed by atoms with van der Waals surface area (Å²) < 4.78 is 11.3. The summed E-state index contributed by atoms with van der Waals surface area (Å²) in [6.07, 6.45) is 2.35. The first-order valence-corrected chi connectivity index (χ1v) is 6.93. The maximum Gasteiger partial charge on any atom is 0.117 e. The molecule has 0 spiro atoms. The van der Waals surface area contributed by atoms with Crippen molar-refractivity contribution in [2.24, 2.45) is 5.92 Å². The van der Waals surface area contributed by atoms with E-state index in [9.17, 15) is 0 Å². The fourth-order valence-corrected chi connectivity index (χ4v) is 2.47. The van der Waals surface area contributed by atoms with Crippen molar-refractivity contribution in [2.45, 2.75) is 44.8 Å². The third kappa shape index (κ3) is 2.19. The second-order valence-corrected chi connectivity index (χ2v) is 6.32. The van der Waals surface area contributed by atoms with Crippen LogP contribution in [0.4, 0.5) is 0 Å². The van der Waals surface area contributed by atoms with Crippen LogP contribution in [0.25, 0.3) is 0 Å². The normalized spacial score (nSPS) is 33.8. The molecule has 2 atom stereocenters. The molecule has 2 aliphatic heterocycles. The van der Waals surface area contributed by atoms with Crippen molar-refractivity contribution in [3.05, 3.63) is 35.4 Å². The van der Waals surface area contributed by atoms with Crippen LogP contribution in [-0.4, -0.2) is 13.2 Å². The molecule has 1 aromatic rings. The number of benzene rings is 1. The fraction of sp³-hybridized carbons (Fsp3) is 0.625. The SMILES string of the molecule is CC(C)CCC1(c2cccc(C3(C)CO3)c2)CO1. The quantitative estimate of drug-likeness (QED) is 0.742. The van der Waals surface area contributed by atoms with Gasteiger partial charge >= 0.3 is 0 Å². The predicted molar refractivity (Wildman–Crippen MR) is 71.4 cm³/mol. The molecule has 0 saturated carbocycles. The average Bonchev–Trinajstić information content (AvgIpc) is 3.24. The van der Waals surface area contributed by atoms with Crippen molar-refractivity contribution in [1.82, 2.24) is 0 Å². The molecule has 2 unspecified atom stereocenters. The van der Waals surface area contributed by atoms with E-state index >= 15 is 0 Å². The Bertz CT molecular complexity index is 442. The molecule has 2 saturated heterocycles. The van der Waals surface area contributed by atoms with Crippen LogP contribution in [0.1, 0.15) is 44.7 Å². The molecule has 2 aliphatic rings. The second-order valence-electron chi connectivity index (χ2n) is 6.32. The molecule has 0 bridgehead atoms. The highest BCUT2D eigenvalue weighted by Gasteiger charge is 2.47. The van der Waals surface area contributed by atoms with E-state index in [1.807, 2.05) is 0 Å². The van der Waals surface area contributed by atoms with Crippen LogP contribution in [0.3, 0.4) is 0 Å². The van der Waals surface area contributed by atoms with Gasteiger partial charge in [-0.25, -0.2) is 0 Å². The van der Waals surface area contributed by atoms with Crippen molar-refractivity contribution in [3.8, 4) is 0 Å². The summed E-state index contributed by atoms with van der Waals surface area (Å²) in [5.41, 5.74) is 2.59. The molecule has 0 aliphatic carbocycles. The Hall–Kier alpha value is -0.860. The van der Waals surface area contributed by atoms with Crippen LogP contribution < -0.4 is 0 Å². The lowest BCUT2D eigenvalue weighted by atomic mass is 9.89. The van der Waals surface area contributed by atoms with E-state index in [-0.39, 0.29) is 11.2 Å². The van der Waals surface area contributed by atoms with E-state index in [4.69, 9.17) is 9.47 Å². The van der Waals surface area contributed by atoms with Crippen LogP contribution in [0, 0.1) is 5.92 Å². The van der Waals surface area contributed by atoms with Gasteiger partial charge in [-0.2, -0.15) is 0 Å². The minimum Gasteiger partial charge on any atom is -0.365 e. The van der Waals surface area contributed by atoms with Crippen molar-refractivity contribution in [3.63, 3.8) is 0 Å². The molecule has 2 heterocycles. The molecule has 2 fully saturated rings. The van der Waals surface area contributed by atoms with Gasteiger partial charge < -0.3 is 9.47 Å². The maximum absolute atomic E-state index is 5.78. The smallest absolute Gasteiger partial charge is 0.117 e. The molecule has 3 rings (SSSR count). The van der Waals surface area contributed by atoms with Gasteiger partial charge in [-0.15, -0.1) is 0 Å². The van der Waals surface area contributed by atoms with Gasteiger partial charge in [0.2, 0.25) is 0 Å². The highest BCUT2D eigenvalue weighted by molar-refractivity contribution is 5.35. The molecule has 2 heteroatoms. The standard InChI is InChI=1S/C16H22O2/c1-12(2)7-8-16(11-18-16)14-6-4-5-13(9-14)15(3)10-17-15/h4-6,9,12H,7-8,10-11H2,1-3H3. The number of rotatable bonds is 5. The minimum absolute atomic E-state index is 0.00549. The summed E-state index contributed by atoms with van der Waals surface area (Å²) in [5.74, 6) is 0.735. The molecular weight excluding hydrogens is 224 g/mol. The zero-order chi connectivity index (χ0) is 12.8. The third-order valence-corrected chi connectivity index (χ3v) is 4.19. The lowest BCUT2D eigenvalue weighted by Gasteiger charge is -2.16. The predicted octanol–water partition coefficient (Wildman–Crippen LogP) is 3.59. The Kier molecular flexibility index (Phi) is 2.76. The Morgan fingerprint density at radius 3 is 2.39 bits per heavy atom. The first kappa shape index (κ1) is 12.2. The molecule has 0 aromatic heterocycles. The zero-order valence-electron chi connectivity index (χ0n) is 11.5. The van der Waals surface area contributed by atoms with E-state index < -0.39 is 0 Å². The van der Waals surface area contributed by atoms with Gasteiger partial charge in [0.15, 0.2) is 0 Å². The largest absolute Gasteiger partial charge is 0.365 e. The number of ether oxygens (including phenoxy) is 2. The first-order valence-electron chi connectivity index (χ1n) is 6.93. The molecule has 0 amide bonds. The molecule has 1 aromatic carbocycles. The highest BCUT2D eigenvalue weighted by Crippen LogP contribution is 2.46. The Balaban J connectivity index is 1.79. The van der Waals surface area contributed by atoms with Crippen LogP contribution in [-0.2, 0) is 20.7 Å². The Morgan fingerprint density at radius 2 is 1.83 bits per heavy atom. The number of hydrogen-bond donors (Lipinski definition) is 0. The van der Waals surface area contributed by atoms with Gasteiger partial charge in [0, 0.05) is 0 Å². The van der Waals surface area contributed by atoms with Gasteiger partial charge in [0.05, 0.1) is 13.2 Å². The summed E-state index contributed by atoms with van der Waals surface area (Å²) in [6.45, 7) is 8.41. The molecule has 0 radical (unpaired) electrons. The highest BCUT2D eigenvalue weighted by atomic mass is 16.6. The van der Waals surface area contributed by atoms with Crippen molar-refractivity contribution < 1.29 is 9.47 Å². The van der Waals surface area contributed by atoms with E-state index in [2.05, 4.69) is 45.0 Å². The van der Waals surface area contributed by atoms with Gasteiger partial charge in [-0.1, -0.05) is 32.0 Å². The number of epoxide rings is 2. The molecule has 18 heavy (non-hydrogen) atoms. The Labute approximate surface area is 109 Å². The van der Waals surface area contributed by atoms with Gasteiger partial charge in [0.1, 0.15) is 11.2 Å². The molecular formula is C16H22O2. The van der Waals surface area contributed by atoms with Gasteiger partial charge in [0.25, 0.3) is 0 Å². The average molecular weight is 246 g/mol. The summed E-state index contributed by atoms with van der Waals surface area (Å²) in [7, 11) is 0. The molecule has 98 valence electrons. The summed E-state index contributed by atoms with van der Waals surface area (Å²) >= 11 is 0. The van der Waals surface area contributed by atoms with Crippen LogP contribution in [0.2, 0.25) is 0 Å². The summed E-state index contributed by atoms with van der Waals surface area (Å²) in [5, 5.41) is 0. The summed E-state index contributed by atoms with van der Waals surface area (Å²) in [6, 6.07) is 8.77. The van der Waals surface area contributed by atoms with Gasteiger partial charge in [-0.05, 0) is 42.9 Å². The van der Waals surface area contributed by atoms with Crippen molar-refractivity contribution in [2.75, 3.05) is 13.2 Å². The first-order chi connectivity index (χ1) is 8.54. The topological polar surface area (TPSA) is 25.1 Å². The minimum atomic E-state index is -0.0376. The molecule has 2 nitrogen and oxygen atoms in total. The van der Waals surface area contributed by atoms with E-state index in [1.165, 1.54) is 17.5 Å². The third-order valence-electron chi connectivity index (χ3n) is 4.19. The van der Waals surface area contributed by atoms with Gasteiger partial charge in [-0.3, -0.25) is 0 Å². The van der Waals surface area contributed by atoms with Crippen LogP contribution in [0.5, 0.6) is 0 Å². The van der Waals surface area contributed by atoms with E-state index in [0.717, 1.165) is 25.6 Å². The number of hydrogen-bond acceptors (Lipinski definition) is 2. The Morgan fingerprint density at radius 1 is 1.17 bits per heavy atom. The lowest BCUT2D eigenvalue weighted by Crippen LogP contribution is -2.12. The lowest BCUT2D eigenvalue weighted by molar-refractivity contribution is 0.276. The maximum atomic E-state index is 5.78. The monoisotopic (exact) mass is 246 g/mol. The van der Waals surface area contributed by atoms with Crippen LogP contribution >= 0.6 is 0 Å². The van der Waals surface area contributed by atoms with Crippen molar-refractivity contribution in [1.29, 1.82) is 0 Å². The summed E-state index contributed by atoms with van der Waals surface area (Å²) in [4.78, 5) is 0. The zero-order valence-corrected chi connectivity index (χ0v) is 11.5. The fourth-order valence-electron chi connectivity index (χ4n) is 2.47.